The zero-order valence-corrected chi connectivity index (χ0v) is 12.4. The van der Waals surface area contributed by atoms with Gasteiger partial charge in [-0.1, -0.05) is 30.9 Å². The molecule has 2 rings (SSSR count). The molecule has 6 heteroatoms. The van der Waals surface area contributed by atoms with E-state index in [0.29, 0.717) is 17.7 Å². The Kier molecular flexibility index (Phi) is 4.62. The van der Waals surface area contributed by atoms with Gasteiger partial charge in [0, 0.05) is 0 Å². The molecule has 0 fully saturated rings. The van der Waals surface area contributed by atoms with E-state index in [1.165, 1.54) is 4.68 Å². The fourth-order valence-corrected chi connectivity index (χ4v) is 2.22. The van der Waals surface area contributed by atoms with E-state index >= 15 is 0 Å². The number of aromatic nitrogens is 3. The maximum Gasteiger partial charge on any atom is 0.352 e. The molecule has 6 nitrogen and oxygen atoms in total. The van der Waals surface area contributed by atoms with E-state index in [4.69, 9.17) is 0 Å². The van der Waals surface area contributed by atoms with Gasteiger partial charge in [-0.15, -0.1) is 6.58 Å². The van der Waals surface area contributed by atoms with Crippen molar-refractivity contribution in [3.8, 4) is 5.69 Å². The van der Waals surface area contributed by atoms with E-state index in [2.05, 4.69) is 18.3 Å². The van der Waals surface area contributed by atoms with Gasteiger partial charge in [-0.3, -0.25) is 0 Å². The van der Waals surface area contributed by atoms with Crippen LogP contribution in [0.25, 0.3) is 5.69 Å². The summed E-state index contributed by atoms with van der Waals surface area (Å²) in [6.07, 6.45) is 1.09. The molecule has 0 aliphatic heterocycles. The van der Waals surface area contributed by atoms with Gasteiger partial charge in [0.1, 0.15) is 0 Å². The SMILES string of the molecule is C=CC[C@H](O)C(=C)[C@@H](C)n1[nH]c(=O)n(-c2ccccc2)c1=O. The summed E-state index contributed by atoms with van der Waals surface area (Å²) in [5, 5.41) is 12.5. The topological polar surface area (TPSA) is 80.0 Å². The Morgan fingerprint density at radius 1 is 1.36 bits per heavy atom. The Morgan fingerprint density at radius 3 is 2.59 bits per heavy atom. The van der Waals surface area contributed by atoms with E-state index in [1.807, 2.05) is 0 Å². The highest BCUT2D eigenvalue weighted by atomic mass is 16.3. The number of hydrogen-bond acceptors (Lipinski definition) is 3. The van der Waals surface area contributed by atoms with Crippen molar-refractivity contribution in [1.82, 2.24) is 14.3 Å². The lowest BCUT2D eigenvalue weighted by molar-refractivity contribution is 0.200. The number of nitrogens with zero attached hydrogens (tertiary/aromatic N) is 2. The van der Waals surface area contributed by atoms with E-state index in [9.17, 15) is 14.7 Å². The smallest absolute Gasteiger partial charge is 0.352 e. The Hall–Kier alpha value is -2.60. The lowest BCUT2D eigenvalue weighted by atomic mass is 10.0. The van der Waals surface area contributed by atoms with E-state index in [-0.39, 0.29) is 0 Å². The zero-order chi connectivity index (χ0) is 16.3. The maximum absolute atomic E-state index is 12.5. The quantitative estimate of drug-likeness (QED) is 0.791. The minimum Gasteiger partial charge on any atom is -0.388 e. The van der Waals surface area contributed by atoms with Crippen LogP contribution in [0.2, 0.25) is 0 Å². The van der Waals surface area contributed by atoms with Crippen LogP contribution in [0.5, 0.6) is 0 Å². The van der Waals surface area contributed by atoms with Crippen LogP contribution in [0.1, 0.15) is 19.4 Å². The van der Waals surface area contributed by atoms with Gasteiger partial charge in [0.25, 0.3) is 0 Å². The number of para-hydroxylation sites is 1. The van der Waals surface area contributed by atoms with Gasteiger partial charge in [-0.2, -0.15) is 0 Å². The Morgan fingerprint density at radius 2 is 2.00 bits per heavy atom. The molecule has 1 aromatic carbocycles. The molecule has 0 saturated heterocycles. The first-order valence-corrected chi connectivity index (χ1v) is 6.94. The highest BCUT2D eigenvalue weighted by Crippen LogP contribution is 2.18. The average Bonchev–Trinajstić information content (AvgIpc) is 2.81. The normalized spacial score (nSPS) is 13.5. The second-order valence-electron chi connectivity index (χ2n) is 5.03. The Bertz CT molecular complexity index is 783. The van der Waals surface area contributed by atoms with Crippen molar-refractivity contribution in [2.24, 2.45) is 0 Å². The van der Waals surface area contributed by atoms with E-state index in [1.54, 1.807) is 43.3 Å². The molecule has 0 aliphatic rings. The monoisotopic (exact) mass is 301 g/mol. The van der Waals surface area contributed by atoms with E-state index < -0.39 is 23.5 Å². The number of aromatic amines is 1. The molecule has 0 bridgehead atoms. The van der Waals surface area contributed by atoms with Crippen molar-refractivity contribution in [1.29, 1.82) is 0 Å². The van der Waals surface area contributed by atoms with E-state index in [0.717, 1.165) is 4.57 Å². The number of H-pyrrole nitrogens is 1. The average molecular weight is 301 g/mol. The summed E-state index contributed by atoms with van der Waals surface area (Å²) in [5.74, 6) is 0. The van der Waals surface area contributed by atoms with Crippen LogP contribution in [0, 0.1) is 0 Å². The molecule has 0 spiro atoms. The van der Waals surface area contributed by atoms with Crippen molar-refractivity contribution >= 4 is 0 Å². The zero-order valence-electron chi connectivity index (χ0n) is 12.4. The Balaban J connectivity index is 2.43. The molecular formula is C16H19N3O3. The third-order valence-corrected chi connectivity index (χ3v) is 3.57. The minimum atomic E-state index is -0.817. The molecule has 0 aliphatic carbocycles. The van der Waals surface area contributed by atoms with Gasteiger partial charge < -0.3 is 5.11 Å². The van der Waals surface area contributed by atoms with Crippen molar-refractivity contribution in [2.75, 3.05) is 0 Å². The predicted octanol–water partition coefficient (Wildman–Crippen LogP) is 1.38. The van der Waals surface area contributed by atoms with Crippen LogP contribution >= 0.6 is 0 Å². The number of benzene rings is 1. The van der Waals surface area contributed by atoms with Gasteiger partial charge in [0.2, 0.25) is 0 Å². The summed E-state index contributed by atoms with van der Waals surface area (Å²) in [4.78, 5) is 24.5. The molecule has 1 heterocycles. The van der Waals surface area contributed by atoms with Crippen LogP contribution in [0.4, 0.5) is 0 Å². The molecule has 1 aromatic heterocycles. The first kappa shape index (κ1) is 15.8. The number of nitrogens with one attached hydrogen (secondary N) is 1. The summed E-state index contributed by atoms with van der Waals surface area (Å²) in [5.41, 5.74) is -0.120. The van der Waals surface area contributed by atoms with Crippen LogP contribution in [0.3, 0.4) is 0 Å². The summed E-state index contributed by atoms with van der Waals surface area (Å²) < 4.78 is 2.22. The molecule has 2 aromatic rings. The third kappa shape index (κ3) is 2.87. The predicted molar refractivity (Wildman–Crippen MR) is 85.3 cm³/mol. The number of hydrogen-bond donors (Lipinski definition) is 2. The van der Waals surface area contributed by atoms with Gasteiger partial charge in [-0.25, -0.2) is 23.9 Å². The molecule has 22 heavy (non-hydrogen) atoms. The summed E-state index contributed by atoms with van der Waals surface area (Å²) >= 11 is 0. The van der Waals surface area contributed by atoms with Crippen molar-refractivity contribution in [3.63, 3.8) is 0 Å². The lowest BCUT2D eigenvalue weighted by Crippen LogP contribution is -2.30. The number of aliphatic hydroxyl groups excluding tert-OH is 1. The highest BCUT2D eigenvalue weighted by molar-refractivity contribution is 5.30. The van der Waals surface area contributed by atoms with Gasteiger partial charge >= 0.3 is 11.4 Å². The fourth-order valence-electron chi connectivity index (χ4n) is 2.22. The van der Waals surface area contributed by atoms with Crippen LogP contribution in [-0.2, 0) is 0 Å². The highest BCUT2D eigenvalue weighted by Gasteiger charge is 2.21. The van der Waals surface area contributed by atoms with Crippen molar-refractivity contribution in [3.05, 3.63) is 76.1 Å². The summed E-state index contributed by atoms with van der Waals surface area (Å²) in [7, 11) is 0. The first-order valence-electron chi connectivity index (χ1n) is 6.94. The Labute approximate surface area is 127 Å². The molecule has 0 radical (unpaired) electrons. The van der Waals surface area contributed by atoms with Crippen molar-refractivity contribution in [2.45, 2.75) is 25.5 Å². The molecule has 116 valence electrons. The van der Waals surface area contributed by atoms with Gasteiger partial charge in [0.15, 0.2) is 0 Å². The molecule has 0 saturated carbocycles. The lowest BCUT2D eigenvalue weighted by Gasteiger charge is -2.19. The second kappa shape index (κ2) is 6.44. The minimum absolute atomic E-state index is 0.335. The number of aliphatic hydroxyl groups is 1. The molecular weight excluding hydrogens is 282 g/mol. The van der Waals surface area contributed by atoms with Crippen LogP contribution < -0.4 is 11.4 Å². The largest absolute Gasteiger partial charge is 0.388 e. The van der Waals surface area contributed by atoms with Crippen LogP contribution in [0.15, 0.2) is 64.7 Å². The maximum atomic E-state index is 12.5. The van der Waals surface area contributed by atoms with Crippen molar-refractivity contribution < 1.29 is 5.11 Å². The summed E-state index contributed by atoms with van der Waals surface area (Å²) in [6.45, 7) is 9.07. The molecule has 0 unspecified atom stereocenters. The fraction of sp³-hybridized carbons (Fsp3) is 0.250. The molecule has 2 atom stereocenters. The van der Waals surface area contributed by atoms with Gasteiger partial charge in [0.05, 0.1) is 17.8 Å². The second-order valence-corrected chi connectivity index (χ2v) is 5.03. The third-order valence-electron chi connectivity index (χ3n) is 3.57. The molecule has 0 amide bonds. The standard InChI is InChI=1S/C16H19N3O3/c1-4-8-14(20)11(2)12(3)19-16(22)18(15(21)17-19)13-9-6-5-7-10-13/h4-7,9-10,12,14,20H,1-2,8H2,3H3,(H,17,21)/t12-,14+/m1/s1. The summed E-state index contributed by atoms with van der Waals surface area (Å²) in [6, 6.07) is 8.10. The first-order chi connectivity index (χ1) is 10.5. The van der Waals surface area contributed by atoms with Gasteiger partial charge in [-0.05, 0) is 31.1 Å². The number of rotatable bonds is 6. The molecule has 2 N–H and O–H groups in total. The van der Waals surface area contributed by atoms with Crippen LogP contribution in [-0.4, -0.2) is 25.6 Å².